The number of para-hydroxylation sites is 1. The molecule has 2 N–H and O–H groups in total. The van der Waals surface area contributed by atoms with Gasteiger partial charge in [0.05, 0.1) is 11.1 Å². The zero-order chi connectivity index (χ0) is 18.4. The van der Waals surface area contributed by atoms with Crippen LogP contribution in [-0.4, -0.2) is 16.3 Å². The Balaban J connectivity index is 1.58. The molecule has 1 heterocycles. The van der Waals surface area contributed by atoms with Crippen LogP contribution in [0.25, 0.3) is 11.3 Å². The zero-order valence-electron chi connectivity index (χ0n) is 13.5. The van der Waals surface area contributed by atoms with Gasteiger partial charge in [0.2, 0.25) is 0 Å². The largest absolute Gasteiger partial charge is 0.455 e. The van der Waals surface area contributed by atoms with Gasteiger partial charge in [-0.3, -0.25) is 15.5 Å². The summed E-state index contributed by atoms with van der Waals surface area (Å²) in [4.78, 5) is 10.2. The molecular formula is C18H14N4O3S. The van der Waals surface area contributed by atoms with Crippen molar-refractivity contribution in [1.82, 2.24) is 5.43 Å². The van der Waals surface area contributed by atoms with Gasteiger partial charge in [-0.05, 0) is 48.6 Å². The van der Waals surface area contributed by atoms with E-state index in [0.717, 1.165) is 11.3 Å². The summed E-state index contributed by atoms with van der Waals surface area (Å²) in [5.41, 5.74) is 4.34. The van der Waals surface area contributed by atoms with Crippen LogP contribution < -0.4 is 10.7 Å². The molecule has 3 aromatic rings. The van der Waals surface area contributed by atoms with Gasteiger partial charge in [0.25, 0.3) is 5.69 Å². The van der Waals surface area contributed by atoms with Gasteiger partial charge in [-0.2, -0.15) is 5.10 Å². The van der Waals surface area contributed by atoms with E-state index in [1.807, 2.05) is 30.3 Å². The van der Waals surface area contributed by atoms with E-state index in [0.29, 0.717) is 16.6 Å². The van der Waals surface area contributed by atoms with Crippen LogP contribution >= 0.6 is 12.2 Å². The summed E-state index contributed by atoms with van der Waals surface area (Å²) < 4.78 is 5.65. The van der Waals surface area contributed by atoms with E-state index in [9.17, 15) is 10.1 Å². The second-order valence-electron chi connectivity index (χ2n) is 5.20. The summed E-state index contributed by atoms with van der Waals surface area (Å²) in [5, 5.41) is 18.1. The molecule has 0 radical (unpaired) electrons. The molecule has 1 aromatic heterocycles. The molecule has 3 rings (SSSR count). The number of benzene rings is 2. The third-order valence-corrected chi connectivity index (χ3v) is 3.57. The minimum atomic E-state index is -0.442. The van der Waals surface area contributed by atoms with E-state index < -0.39 is 4.92 Å². The van der Waals surface area contributed by atoms with Gasteiger partial charge in [0, 0.05) is 23.4 Å². The molecule has 0 aliphatic heterocycles. The molecule has 0 atom stereocenters. The summed E-state index contributed by atoms with van der Waals surface area (Å²) >= 11 is 5.14. The Morgan fingerprint density at radius 3 is 2.50 bits per heavy atom. The maximum atomic E-state index is 10.7. The van der Waals surface area contributed by atoms with Crippen molar-refractivity contribution in [2.75, 3.05) is 5.32 Å². The number of furan rings is 1. The molecule has 0 bridgehead atoms. The summed E-state index contributed by atoms with van der Waals surface area (Å²) in [7, 11) is 0. The average molecular weight is 366 g/mol. The smallest absolute Gasteiger partial charge is 0.269 e. The van der Waals surface area contributed by atoms with E-state index in [-0.39, 0.29) is 5.69 Å². The Labute approximate surface area is 154 Å². The molecule has 8 heteroatoms. The van der Waals surface area contributed by atoms with Crippen molar-refractivity contribution in [2.24, 2.45) is 5.10 Å². The Hall–Kier alpha value is -3.52. The van der Waals surface area contributed by atoms with Crippen LogP contribution in [0, 0.1) is 10.1 Å². The molecule has 0 fully saturated rings. The first-order chi connectivity index (χ1) is 12.6. The van der Waals surface area contributed by atoms with Crippen LogP contribution in [0.1, 0.15) is 5.76 Å². The maximum absolute atomic E-state index is 10.7. The number of anilines is 1. The van der Waals surface area contributed by atoms with Crippen molar-refractivity contribution in [3.05, 3.63) is 82.6 Å². The van der Waals surface area contributed by atoms with E-state index in [1.165, 1.54) is 18.3 Å². The van der Waals surface area contributed by atoms with E-state index in [2.05, 4.69) is 15.8 Å². The quantitative estimate of drug-likeness (QED) is 0.305. The summed E-state index contributed by atoms with van der Waals surface area (Å²) in [5.74, 6) is 1.11. The molecule has 2 aromatic carbocycles. The Kier molecular flexibility index (Phi) is 5.35. The predicted octanol–water partition coefficient (Wildman–Crippen LogP) is 4.18. The number of rotatable bonds is 5. The minimum Gasteiger partial charge on any atom is -0.455 e. The standard InChI is InChI=1S/C18H14N4O3S/c23-22(24)15-8-6-13(7-9-15)17-11-10-16(25-17)12-19-21-18(26)20-14-4-2-1-3-5-14/h1-12H,(H2,20,21,26)/b19-12-. The number of nitro benzene ring substituents is 1. The number of hydrogen-bond donors (Lipinski definition) is 2. The second-order valence-corrected chi connectivity index (χ2v) is 5.60. The van der Waals surface area contributed by atoms with E-state index in [4.69, 9.17) is 16.6 Å². The van der Waals surface area contributed by atoms with E-state index in [1.54, 1.807) is 24.3 Å². The highest BCUT2D eigenvalue weighted by Crippen LogP contribution is 2.23. The van der Waals surface area contributed by atoms with Gasteiger partial charge in [0.1, 0.15) is 11.5 Å². The number of nitrogens with one attached hydrogen (secondary N) is 2. The second kappa shape index (κ2) is 8.04. The highest BCUT2D eigenvalue weighted by Gasteiger charge is 2.07. The lowest BCUT2D eigenvalue weighted by Crippen LogP contribution is -2.23. The summed E-state index contributed by atoms with van der Waals surface area (Å²) in [6, 6.07) is 19.1. The first-order valence-electron chi connectivity index (χ1n) is 7.61. The van der Waals surface area contributed by atoms with Crippen molar-refractivity contribution in [3.63, 3.8) is 0 Å². The van der Waals surface area contributed by atoms with Crippen LogP contribution in [-0.2, 0) is 0 Å². The molecule has 0 aliphatic rings. The van der Waals surface area contributed by atoms with Gasteiger partial charge in [0.15, 0.2) is 5.11 Å². The first-order valence-corrected chi connectivity index (χ1v) is 8.02. The van der Waals surface area contributed by atoms with Gasteiger partial charge >= 0.3 is 0 Å². The van der Waals surface area contributed by atoms with Crippen LogP contribution in [0.3, 0.4) is 0 Å². The van der Waals surface area contributed by atoms with Crippen molar-refractivity contribution in [1.29, 1.82) is 0 Å². The molecule has 130 valence electrons. The fourth-order valence-electron chi connectivity index (χ4n) is 2.16. The van der Waals surface area contributed by atoms with Crippen molar-refractivity contribution in [3.8, 4) is 11.3 Å². The van der Waals surface area contributed by atoms with Crippen LogP contribution in [0.4, 0.5) is 11.4 Å². The van der Waals surface area contributed by atoms with Crippen molar-refractivity contribution in [2.45, 2.75) is 0 Å². The van der Waals surface area contributed by atoms with Crippen LogP contribution in [0.5, 0.6) is 0 Å². The monoisotopic (exact) mass is 366 g/mol. The van der Waals surface area contributed by atoms with Gasteiger partial charge in [-0.15, -0.1) is 0 Å². The molecule has 0 saturated carbocycles. The Morgan fingerprint density at radius 2 is 1.81 bits per heavy atom. The molecule has 0 unspecified atom stereocenters. The first kappa shape index (κ1) is 17.3. The third-order valence-electron chi connectivity index (χ3n) is 3.38. The number of hydrogen-bond acceptors (Lipinski definition) is 5. The number of nitrogens with zero attached hydrogens (tertiary/aromatic N) is 2. The van der Waals surface area contributed by atoms with Crippen LogP contribution in [0.15, 0.2) is 76.2 Å². The Bertz CT molecular complexity index is 937. The number of hydrazone groups is 1. The minimum absolute atomic E-state index is 0.0331. The van der Waals surface area contributed by atoms with Gasteiger partial charge in [-0.25, -0.2) is 0 Å². The topological polar surface area (TPSA) is 92.7 Å². The highest BCUT2D eigenvalue weighted by molar-refractivity contribution is 7.80. The lowest BCUT2D eigenvalue weighted by molar-refractivity contribution is -0.384. The maximum Gasteiger partial charge on any atom is 0.269 e. The molecule has 26 heavy (non-hydrogen) atoms. The fourth-order valence-corrected chi connectivity index (χ4v) is 2.33. The number of nitro groups is 1. The number of thiocarbonyl (C=S) groups is 1. The van der Waals surface area contributed by atoms with Crippen LogP contribution in [0.2, 0.25) is 0 Å². The van der Waals surface area contributed by atoms with Gasteiger partial charge in [-0.1, -0.05) is 18.2 Å². The third kappa shape index (κ3) is 4.52. The van der Waals surface area contributed by atoms with Gasteiger partial charge < -0.3 is 9.73 Å². The molecule has 7 nitrogen and oxygen atoms in total. The van der Waals surface area contributed by atoms with Crippen molar-refractivity contribution >= 4 is 34.9 Å². The lowest BCUT2D eigenvalue weighted by atomic mass is 10.1. The summed E-state index contributed by atoms with van der Waals surface area (Å²) in [6.45, 7) is 0. The van der Waals surface area contributed by atoms with Crippen molar-refractivity contribution < 1.29 is 9.34 Å². The molecule has 0 amide bonds. The SMILES string of the molecule is O=[N+]([O-])c1ccc(-c2ccc(/C=N\NC(=S)Nc3ccccc3)o2)cc1. The summed E-state index contributed by atoms with van der Waals surface area (Å²) in [6.07, 6.45) is 1.49. The van der Waals surface area contributed by atoms with E-state index >= 15 is 0 Å². The fraction of sp³-hybridized carbons (Fsp3) is 0. The number of non-ortho nitro benzene ring substituents is 1. The lowest BCUT2D eigenvalue weighted by Gasteiger charge is -2.05. The molecule has 0 spiro atoms. The molecule has 0 saturated heterocycles. The highest BCUT2D eigenvalue weighted by atomic mass is 32.1. The Morgan fingerprint density at radius 1 is 1.08 bits per heavy atom. The predicted molar refractivity (Wildman–Crippen MR) is 104 cm³/mol. The normalized spacial score (nSPS) is 10.6. The zero-order valence-corrected chi connectivity index (χ0v) is 14.3. The average Bonchev–Trinajstić information content (AvgIpc) is 3.11. The molecular weight excluding hydrogens is 352 g/mol. The molecule has 0 aliphatic carbocycles.